The third kappa shape index (κ3) is 3.04. The van der Waals surface area contributed by atoms with E-state index in [2.05, 4.69) is 32.9 Å². The summed E-state index contributed by atoms with van der Waals surface area (Å²) in [7, 11) is 0. The van der Waals surface area contributed by atoms with Crippen molar-refractivity contribution in [1.29, 1.82) is 0 Å². The molecule has 1 aromatic rings. The second-order valence-corrected chi connectivity index (χ2v) is 4.46. The van der Waals surface area contributed by atoms with Crippen LogP contribution in [0.4, 0.5) is 0 Å². The standard InChI is InChI=1S/C12H17Cl/c1-9(2)8-10(3)11-6-4-5-7-12(11)13/h4-7,9-10H,8H2,1-3H3/t10-/m0/s1. The minimum atomic E-state index is 0.564. The van der Waals surface area contributed by atoms with Crippen molar-refractivity contribution in [1.82, 2.24) is 0 Å². The Labute approximate surface area is 85.9 Å². The zero-order valence-corrected chi connectivity index (χ0v) is 9.31. The molecule has 0 aliphatic rings. The molecule has 0 aliphatic carbocycles. The molecule has 0 aliphatic heterocycles. The van der Waals surface area contributed by atoms with Crippen molar-refractivity contribution >= 4 is 11.6 Å². The maximum Gasteiger partial charge on any atom is 0.0440 e. The Bertz CT molecular complexity index is 266. The molecular formula is C12H17Cl. The fourth-order valence-electron chi connectivity index (χ4n) is 1.71. The molecule has 1 rings (SSSR count). The van der Waals surface area contributed by atoms with Crippen molar-refractivity contribution in [3.8, 4) is 0 Å². The highest BCUT2D eigenvalue weighted by Crippen LogP contribution is 2.28. The van der Waals surface area contributed by atoms with Gasteiger partial charge in [-0.25, -0.2) is 0 Å². The van der Waals surface area contributed by atoms with E-state index in [-0.39, 0.29) is 0 Å². The summed E-state index contributed by atoms with van der Waals surface area (Å²) in [6.45, 7) is 6.72. The molecule has 0 N–H and O–H groups in total. The fourth-order valence-corrected chi connectivity index (χ4v) is 2.03. The molecule has 1 aromatic carbocycles. The number of benzene rings is 1. The van der Waals surface area contributed by atoms with Gasteiger partial charge in [-0.1, -0.05) is 50.6 Å². The lowest BCUT2D eigenvalue weighted by molar-refractivity contribution is 0.524. The monoisotopic (exact) mass is 196 g/mol. The molecule has 0 saturated carbocycles. The number of rotatable bonds is 3. The SMILES string of the molecule is CC(C)C[C@H](C)c1ccccc1Cl. The van der Waals surface area contributed by atoms with Gasteiger partial charge in [0.15, 0.2) is 0 Å². The van der Waals surface area contributed by atoms with Crippen molar-refractivity contribution in [3.05, 3.63) is 34.9 Å². The molecule has 0 aromatic heterocycles. The van der Waals surface area contributed by atoms with E-state index in [0.29, 0.717) is 5.92 Å². The summed E-state index contributed by atoms with van der Waals surface area (Å²) in [6, 6.07) is 8.12. The fraction of sp³-hybridized carbons (Fsp3) is 0.500. The van der Waals surface area contributed by atoms with E-state index in [9.17, 15) is 0 Å². The Hall–Kier alpha value is -0.490. The van der Waals surface area contributed by atoms with Gasteiger partial charge in [-0.3, -0.25) is 0 Å². The van der Waals surface area contributed by atoms with Gasteiger partial charge >= 0.3 is 0 Å². The molecule has 1 atom stereocenters. The minimum absolute atomic E-state index is 0.564. The number of hydrogen-bond acceptors (Lipinski definition) is 0. The first-order chi connectivity index (χ1) is 6.11. The third-order valence-corrected chi connectivity index (χ3v) is 2.61. The second-order valence-electron chi connectivity index (χ2n) is 4.05. The van der Waals surface area contributed by atoms with Crippen LogP contribution in [-0.2, 0) is 0 Å². The van der Waals surface area contributed by atoms with E-state index in [0.717, 1.165) is 10.9 Å². The Morgan fingerprint density at radius 3 is 2.31 bits per heavy atom. The molecule has 0 spiro atoms. The molecule has 0 bridgehead atoms. The smallest absolute Gasteiger partial charge is 0.0440 e. The normalized spacial score (nSPS) is 13.3. The van der Waals surface area contributed by atoms with Gasteiger partial charge in [0.25, 0.3) is 0 Å². The molecule has 0 radical (unpaired) electrons. The highest BCUT2D eigenvalue weighted by atomic mass is 35.5. The summed E-state index contributed by atoms with van der Waals surface area (Å²) in [4.78, 5) is 0. The first kappa shape index (κ1) is 10.6. The summed E-state index contributed by atoms with van der Waals surface area (Å²) >= 11 is 6.10. The van der Waals surface area contributed by atoms with Crippen molar-refractivity contribution in [3.63, 3.8) is 0 Å². The van der Waals surface area contributed by atoms with Crippen molar-refractivity contribution in [2.45, 2.75) is 33.1 Å². The first-order valence-electron chi connectivity index (χ1n) is 4.85. The predicted octanol–water partition coefficient (Wildman–Crippen LogP) is 4.49. The largest absolute Gasteiger partial charge is 0.0840 e. The van der Waals surface area contributed by atoms with E-state index in [4.69, 9.17) is 11.6 Å². The summed E-state index contributed by atoms with van der Waals surface area (Å²) in [6.07, 6.45) is 1.20. The second kappa shape index (κ2) is 4.66. The highest BCUT2D eigenvalue weighted by molar-refractivity contribution is 6.31. The Morgan fingerprint density at radius 1 is 1.15 bits per heavy atom. The third-order valence-electron chi connectivity index (χ3n) is 2.26. The molecule has 0 nitrogen and oxygen atoms in total. The number of halogens is 1. The van der Waals surface area contributed by atoms with E-state index in [1.54, 1.807) is 0 Å². The lowest BCUT2D eigenvalue weighted by atomic mass is 9.92. The maximum atomic E-state index is 6.10. The number of hydrogen-bond donors (Lipinski definition) is 0. The van der Waals surface area contributed by atoms with E-state index >= 15 is 0 Å². The molecular weight excluding hydrogens is 180 g/mol. The Morgan fingerprint density at radius 2 is 1.77 bits per heavy atom. The molecule has 0 heterocycles. The van der Waals surface area contributed by atoms with E-state index < -0.39 is 0 Å². The van der Waals surface area contributed by atoms with Crippen molar-refractivity contribution < 1.29 is 0 Å². The van der Waals surface area contributed by atoms with Crippen LogP contribution in [-0.4, -0.2) is 0 Å². The highest BCUT2D eigenvalue weighted by Gasteiger charge is 2.10. The lowest BCUT2D eigenvalue weighted by Gasteiger charge is -2.15. The molecule has 72 valence electrons. The van der Waals surface area contributed by atoms with E-state index in [1.165, 1.54) is 12.0 Å². The molecule has 0 unspecified atom stereocenters. The van der Waals surface area contributed by atoms with E-state index in [1.807, 2.05) is 12.1 Å². The summed E-state index contributed by atoms with van der Waals surface area (Å²) in [5.41, 5.74) is 1.28. The zero-order valence-electron chi connectivity index (χ0n) is 8.55. The van der Waals surface area contributed by atoms with Gasteiger partial charge in [0.05, 0.1) is 0 Å². The van der Waals surface area contributed by atoms with Gasteiger partial charge in [0, 0.05) is 5.02 Å². The van der Waals surface area contributed by atoms with Gasteiger partial charge in [-0.15, -0.1) is 0 Å². The molecule has 0 saturated heterocycles. The van der Waals surface area contributed by atoms with Crippen molar-refractivity contribution in [2.24, 2.45) is 5.92 Å². The van der Waals surface area contributed by atoms with Crippen LogP contribution in [0.25, 0.3) is 0 Å². The average Bonchev–Trinajstić information content (AvgIpc) is 2.03. The van der Waals surface area contributed by atoms with Crippen LogP contribution in [0.15, 0.2) is 24.3 Å². The maximum absolute atomic E-state index is 6.10. The Balaban J connectivity index is 2.76. The average molecular weight is 197 g/mol. The topological polar surface area (TPSA) is 0 Å². The molecule has 1 heteroatoms. The molecule has 0 amide bonds. The predicted molar refractivity (Wildman–Crippen MR) is 59.3 cm³/mol. The van der Waals surface area contributed by atoms with Gasteiger partial charge in [0.1, 0.15) is 0 Å². The van der Waals surface area contributed by atoms with Gasteiger partial charge in [-0.05, 0) is 29.9 Å². The summed E-state index contributed by atoms with van der Waals surface area (Å²) < 4.78 is 0. The molecule has 0 fully saturated rings. The van der Waals surface area contributed by atoms with Crippen LogP contribution < -0.4 is 0 Å². The van der Waals surface area contributed by atoms with Crippen LogP contribution >= 0.6 is 11.6 Å². The Kier molecular flexibility index (Phi) is 3.80. The van der Waals surface area contributed by atoms with Gasteiger partial charge < -0.3 is 0 Å². The summed E-state index contributed by atoms with van der Waals surface area (Å²) in [5, 5.41) is 0.899. The first-order valence-corrected chi connectivity index (χ1v) is 5.23. The summed E-state index contributed by atoms with van der Waals surface area (Å²) in [5.74, 6) is 1.29. The van der Waals surface area contributed by atoms with Crippen LogP contribution in [0, 0.1) is 5.92 Å². The minimum Gasteiger partial charge on any atom is -0.0840 e. The van der Waals surface area contributed by atoms with Crippen LogP contribution in [0.5, 0.6) is 0 Å². The molecule has 13 heavy (non-hydrogen) atoms. The zero-order chi connectivity index (χ0) is 9.84. The van der Waals surface area contributed by atoms with Crippen molar-refractivity contribution in [2.75, 3.05) is 0 Å². The van der Waals surface area contributed by atoms with Gasteiger partial charge in [0.2, 0.25) is 0 Å². The van der Waals surface area contributed by atoms with Crippen LogP contribution in [0.1, 0.15) is 38.7 Å². The van der Waals surface area contributed by atoms with Gasteiger partial charge in [-0.2, -0.15) is 0 Å². The van der Waals surface area contributed by atoms with Crippen LogP contribution in [0.3, 0.4) is 0 Å². The lowest BCUT2D eigenvalue weighted by Crippen LogP contribution is -1.99. The van der Waals surface area contributed by atoms with Crippen LogP contribution in [0.2, 0.25) is 5.02 Å². The quantitative estimate of drug-likeness (QED) is 0.668.